The number of carbonyl (C=O) groups is 2. The highest BCUT2D eigenvalue weighted by Crippen LogP contribution is 2.17. The third-order valence-electron chi connectivity index (χ3n) is 2.80. The number of carbonyl (C=O) groups excluding carboxylic acids is 2. The number of anilines is 2. The number of halogens is 1. The van der Waals surface area contributed by atoms with Crippen molar-refractivity contribution in [3.05, 3.63) is 59.1 Å². The number of hydrogen-bond acceptors (Lipinski definition) is 2. The average molecular weight is 303 g/mol. The zero-order chi connectivity index (χ0) is 15.2. The monoisotopic (exact) mass is 302 g/mol. The van der Waals surface area contributed by atoms with Crippen molar-refractivity contribution < 1.29 is 9.59 Å². The van der Waals surface area contributed by atoms with E-state index in [0.29, 0.717) is 16.4 Å². The summed E-state index contributed by atoms with van der Waals surface area (Å²) in [5.74, 6) is -0.277. The van der Waals surface area contributed by atoms with Crippen LogP contribution >= 0.6 is 11.6 Å². The molecule has 0 aromatic heterocycles. The van der Waals surface area contributed by atoms with E-state index in [0.717, 1.165) is 5.56 Å². The lowest BCUT2D eigenvalue weighted by Gasteiger charge is -2.08. The van der Waals surface area contributed by atoms with Crippen LogP contribution < -0.4 is 10.6 Å². The Morgan fingerprint density at radius 1 is 0.952 bits per heavy atom. The van der Waals surface area contributed by atoms with Crippen molar-refractivity contribution in [2.45, 2.75) is 13.3 Å². The van der Waals surface area contributed by atoms with Gasteiger partial charge in [0.2, 0.25) is 11.8 Å². The molecule has 4 nitrogen and oxygen atoms in total. The molecule has 0 spiro atoms. The number of nitrogens with one attached hydrogen (secondary N) is 2. The van der Waals surface area contributed by atoms with Crippen molar-refractivity contribution in [1.29, 1.82) is 0 Å². The van der Waals surface area contributed by atoms with Gasteiger partial charge in [-0.05, 0) is 35.9 Å². The van der Waals surface area contributed by atoms with Gasteiger partial charge in [-0.25, -0.2) is 0 Å². The molecule has 2 rings (SSSR count). The molecule has 0 aliphatic heterocycles. The van der Waals surface area contributed by atoms with Crippen LogP contribution in [0.15, 0.2) is 48.5 Å². The highest BCUT2D eigenvalue weighted by Gasteiger charge is 2.07. The summed E-state index contributed by atoms with van der Waals surface area (Å²) in [6.07, 6.45) is 0.215. The number of rotatable bonds is 4. The van der Waals surface area contributed by atoms with E-state index < -0.39 is 0 Å². The maximum absolute atomic E-state index is 12.0. The second kappa shape index (κ2) is 6.90. The standard InChI is InChI=1S/C16H15ClN2O2/c1-11(20)18-13-6-8-14(9-7-13)19-16(21)10-12-4-2-3-5-15(12)17/h2-9H,10H2,1H3,(H,18,20)(H,19,21). The van der Waals surface area contributed by atoms with Crippen LogP contribution in [0.2, 0.25) is 5.02 Å². The smallest absolute Gasteiger partial charge is 0.228 e. The van der Waals surface area contributed by atoms with Crippen molar-refractivity contribution in [3.8, 4) is 0 Å². The van der Waals surface area contributed by atoms with E-state index in [-0.39, 0.29) is 18.2 Å². The Morgan fingerprint density at radius 3 is 2.10 bits per heavy atom. The van der Waals surface area contributed by atoms with E-state index in [4.69, 9.17) is 11.6 Å². The summed E-state index contributed by atoms with van der Waals surface area (Å²) in [5.41, 5.74) is 2.14. The fourth-order valence-electron chi connectivity index (χ4n) is 1.86. The van der Waals surface area contributed by atoms with Gasteiger partial charge in [0.15, 0.2) is 0 Å². The maximum Gasteiger partial charge on any atom is 0.228 e. The highest BCUT2D eigenvalue weighted by molar-refractivity contribution is 6.31. The summed E-state index contributed by atoms with van der Waals surface area (Å²) in [7, 11) is 0. The van der Waals surface area contributed by atoms with Crippen LogP contribution in [0, 0.1) is 0 Å². The van der Waals surface area contributed by atoms with E-state index in [9.17, 15) is 9.59 Å². The lowest BCUT2D eigenvalue weighted by Crippen LogP contribution is -2.14. The summed E-state index contributed by atoms with van der Waals surface area (Å²) in [5, 5.41) is 6.03. The number of amides is 2. The molecule has 0 saturated heterocycles. The minimum Gasteiger partial charge on any atom is -0.326 e. The molecule has 0 heterocycles. The van der Waals surface area contributed by atoms with Crippen LogP contribution in [-0.2, 0) is 16.0 Å². The Balaban J connectivity index is 1.96. The van der Waals surface area contributed by atoms with Crippen LogP contribution in [0.3, 0.4) is 0 Å². The van der Waals surface area contributed by atoms with Gasteiger partial charge in [-0.3, -0.25) is 9.59 Å². The number of benzene rings is 2. The van der Waals surface area contributed by atoms with Crippen LogP contribution in [-0.4, -0.2) is 11.8 Å². The van der Waals surface area contributed by atoms with Gasteiger partial charge in [0.25, 0.3) is 0 Å². The van der Waals surface area contributed by atoms with Crippen molar-refractivity contribution >= 4 is 34.8 Å². The summed E-state index contributed by atoms with van der Waals surface area (Å²) in [4.78, 5) is 22.9. The Kier molecular flexibility index (Phi) is 4.95. The molecule has 0 fully saturated rings. The van der Waals surface area contributed by atoms with Gasteiger partial charge >= 0.3 is 0 Å². The molecule has 0 bridgehead atoms. The van der Waals surface area contributed by atoms with Gasteiger partial charge < -0.3 is 10.6 Å². The third kappa shape index (κ3) is 4.61. The fraction of sp³-hybridized carbons (Fsp3) is 0.125. The van der Waals surface area contributed by atoms with E-state index in [1.165, 1.54) is 6.92 Å². The molecular weight excluding hydrogens is 288 g/mol. The quantitative estimate of drug-likeness (QED) is 0.908. The minimum atomic E-state index is -0.143. The summed E-state index contributed by atoms with van der Waals surface area (Å²) < 4.78 is 0. The molecule has 2 amide bonds. The Bertz CT molecular complexity index is 654. The normalized spacial score (nSPS) is 10.0. The molecule has 0 radical (unpaired) electrons. The molecule has 5 heteroatoms. The first kappa shape index (κ1) is 15.1. The lowest BCUT2D eigenvalue weighted by atomic mass is 10.1. The Morgan fingerprint density at radius 2 is 1.52 bits per heavy atom. The van der Waals surface area contributed by atoms with E-state index in [1.807, 2.05) is 18.2 Å². The van der Waals surface area contributed by atoms with Crippen LogP contribution in [0.1, 0.15) is 12.5 Å². The second-order valence-corrected chi connectivity index (χ2v) is 4.98. The summed E-state index contributed by atoms with van der Waals surface area (Å²) in [6.45, 7) is 1.44. The van der Waals surface area contributed by atoms with Gasteiger partial charge in [0.05, 0.1) is 6.42 Å². The van der Waals surface area contributed by atoms with E-state index in [1.54, 1.807) is 30.3 Å². The first-order chi connectivity index (χ1) is 10.0. The molecule has 0 aliphatic carbocycles. The topological polar surface area (TPSA) is 58.2 Å². The molecule has 2 N–H and O–H groups in total. The predicted molar refractivity (Wildman–Crippen MR) is 84.5 cm³/mol. The van der Waals surface area contributed by atoms with Crippen molar-refractivity contribution in [2.75, 3.05) is 10.6 Å². The number of hydrogen-bond donors (Lipinski definition) is 2. The van der Waals surface area contributed by atoms with Gasteiger partial charge in [-0.15, -0.1) is 0 Å². The van der Waals surface area contributed by atoms with E-state index >= 15 is 0 Å². The van der Waals surface area contributed by atoms with Crippen molar-refractivity contribution in [1.82, 2.24) is 0 Å². The first-order valence-electron chi connectivity index (χ1n) is 6.45. The molecule has 0 saturated carbocycles. The highest BCUT2D eigenvalue weighted by atomic mass is 35.5. The van der Waals surface area contributed by atoms with Gasteiger partial charge in [0.1, 0.15) is 0 Å². The zero-order valence-corrected chi connectivity index (χ0v) is 12.3. The maximum atomic E-state index is 12.0. The molecular formula is C16H15ClN2O2. The average Bonchev–Trinajstić information content (AvgIpc) is 2.43. The molecule has 2 aromatic carbocycles. The molecule has 0 atom stereocenters. The first-order valence-corrected chi connectivity index (χ1v) is 6.83. The molecule has 2 aromatic rings. The van der Waals surface area contributed by atoms with E-state index in [2.05, 4.69) is 10.6 Å². The van der Waals surface area contributed by atoms with Gasteiger partial charge in [0, 0.05) is 23.3 Å². The SMILES string of the molecule is CC(=O)Nc1ccc(NC(=O)Cc2ccccc2Cl)cc1. The Hall–Kier alpha value is -2.33. The molecule has 21 heavy (non-hydrogen) atoms. The largest absolute Gasteiger partial charge is 0.326 e. The van der Waals surface area contributed by atoms with Gasteiger partial charge in [-0.2, -0.15) is 0 Å². The molecule has 0 aliphatic rings. The van der Waals surface area contributed by atoms with Gasteiger partial charge in [-0.1, -0.05) is 29.8 Å². The minimum absolute atomic E-state index is 0.134. The van der Waals surface area contributed by atoms with Crippen molar-refractivity contribution in [2.24, 2.45) is 0 Å². The predicted octanol–water partition coefficient (Wildman–Crippen LogP) is 3.48. The van der Waals surface area contributed by atoms with Crippen LogP contribution in [0.25, 0.3) is 0 Å². The zero-order valence-electron chi connectivity index (χ0n) is 11.5. The molecule has 0 unspecified atom stereocenters. The fourth-order valence-corrected chi connectivity index (χ4v) is 2.06. The van der Waals surface area contributed by atoms with Crippen LogP contribution in [0.4, 0.5) is 11.4 Å². The third-order valence-corrected chi connectivity index (χ3v) is 3.17. The summed E-state index contributed by atoms with van der Waals surface area (Å²) in [6, 6.07) is 14.2. The second-order valence-electron chi connectivity index (χ2n) is 4.57. The van der Waals surface area contributed by atoms with Crippen LogP contribution in [0.5, 0.6) is 0 Å². The molecule has 108 valence electrons. The lowest BCUT2D eigenvalue weighted by molar-refractivity contribution is -0.116. The Labute approximate surface area is 128 Å². The summed E-state index contributed by atoms with van der Waals surface area (Å²) >= 11 is 6.02. The van der Waals surface area contributed by atoms with Crippen molar-refractivity contribution in [3.63, 3.8) is 0 Å².